The van der Waals surface area contributed by atoms with Gasteiger partial charge >= 0.3 is 6.01 Å². The minimum atomic E-state index is -0.367. The molecule has 0 aliphatic carbocycles. The molecule has 2 bridgehead atoms. The Balaban J connectivity index is 1.27. The lowest BCUT2D eigenvalue weighted by atomic mass is 10.1. The maximum Gasteiger partial charge on any atom is 0.318 e. The van der Waals surface area contributed by atoms with Gasteiger partial charge < -0.3 is 20.3 Å². The number of aryl methyl sites for hydroxylation is 1. The normalized spacial score (nSPS) is 22.9. The quantitative estimate of drug-likeness (QED) is 0.539. The molecule has 2 aromatic heterocycles. The molecular formula is C26H30FN7O. The number of rotatable bonds is 7. The van der Waals surface area contributed by atoms with E-state index in [2.05, 4.69) is 54.7 Å². The summed E-state index contributed by atoms with van der Waals surface area (Å²) in [5.74, 6) is 0.382. The first kappa shape index (κ1) is 22.2. The highest BCUT2D eigenvalue weighted by Crippen LogP contribution is 2.43. The lowest BCUT2D eigenvalue weighted by Gasteiger charge is -2.28. The number of nitrogens with zero attached hydrogens (tertiary/aromatic N) is 5. The lowest BCUT2D eigenvalue weighted by Crippen LogP contribution is -2.42. The van der Waals surface area contributed by atoms with E-state index in [9.17, 15) is 4.39 Å². The van der Waals surface area contributed by atoms with Gasteiger partial charge in [0.05, 0.1) is 18.5 Å². The summed E-state index contributed by atoms with van der Waals surface area (Å²) < 4.78 is 19.7. The number of ether oxygens (including phenoxy) is 1. The number of halogens is 1. The van der Waals surface area contributed by atoms with Gasteiger partial charge in [0.25, 0.3) is 0 Å². The van der Waals surface area contributed by atoms with Crippen LogP contribution >= 0.6 is 0 Å². The third kappa shape index (κ3) is 4.30. The van der Waals surface area contributed by atoms with Gasteiger partial charge in [0.15, 0.2) is 5.82 Å². The van der Waals surface area contributed by atoms with Crippen LogP contribution in [0, 0.1) is 12.7 Å². The number of fused-ring (bicyclic) bond motifs is 3. The van der Waals surface area contributed by atoms with Crippen LogP contribution in [-0.2, 0) is 13.1 Å². The summed E-state index contributed by atoms with van der Waals surface area (Å²) in [6, 6.07) is 12.0. The molecule has 2 saturated heterocycles. The summed E-state index contributed by atoms with van der Waals surface area (Å²) in [7, 11) is 0. The number of likely N-dealkylation sites (tertiary alicyclic amines) is 1. The number of piperazine rings is 1. The third-order valence-corrected chi connectivity index (χ3v) is 7.16. The van der Waals surface area contributed by atoms with E-state index in [1.807, 2.05) is 13.8 Å². The number of nitrogens with one attached hydrogen (secondary N) is 2. The van der Waals surface area contributed by atoms with Gasteiger partial charge in [-0.05, 0) is 37.5 Å². The molecule has 2 fully saturated rings. The Kier molecular flexibility index (Phi) is 5.74. The largest absolute Gasteiger partial charge is 0.464 e. The Morgan fingerprint density at radius 3 is 2.60 bits per heavy atom. The zero-order valence-corrected chi connectivity index (χ0v) is 20.0. The van der Waals surface area contributed by atoms with Gasteiger partial charge in [0.1, 0.15) is 17.7 Å². The van der Waals surface area contributed by atoms with E-state index in [4.69, 9.17) is 9.72 Å². The van der Waals surface area contributed by atoms with Crippen LogP contribution in [0.15, 0.2) is 42.7 Å². The summed E-state index contributed by atoms with van der Waals surface area (Å²) in [4.78, 5) is 17.9. The molecule has 6 rings (SSSR count). The Morgan fingerprint density at radius 2 is 1.91 bits per heavy atom. The zero-order chi connectivity index (χ0) is 23.9. The molecule has 0 radical (unpaired) electrons. The van der Waals surface area contributed by atoms with Crippen LogP contribution in [-0.4, -0.2) is 51.6 Å². The van der Waals surface area contributed by atoms with Gasteiger partial charge in [0, 0.05) is 50.0 Å². The van der Waals surface area contributed by atoms with E-state index in [-0.39, 0.29) is 12.0 Å². The minimum Gasteiger partial charge on any atom is -0.464 e. The smallest absolute Gasteiger partial charge is 0.318 e. The first-order valence-corrected chi connectivity index (χ1v) is 12.3. The molecule has 0 amide bonds. The second-order valence-corrected chi connectivity index (χ2v) is 9.58. The van der Waals surface area contributed by atoms with Crippen molar-refractivity contribution < 1.29 is 9.13 Å². The number of pyridine rings is 1. The average Bonchev–Trinajstić information content (AvgIpc) is 3.56. The first-order valence-electron chi connectivity index (χ1n) is 12.3. The number of aromatic nitrogens is 3. The molecule has 9 heteroatoms. The molecule has 3 aliphatic rings. The monoisotopic (exact) mass is 475 g/mol. The summed E-state index contributed by atoms with van der Waals surface area (Å²) in [5.41, 5.74) is 4.83. The fourth-order valence-corrected chi connectivity index (χ4v) is 5.47. The van der Waals surface area contributed by atoms with Gasteiger partial charge in [-0.1, -0.05) is 24.3 Å². The summed E-state index contributed by atoms with van der Waals surface area (Å²) in [6.45, 7) is 8.14. The van der Waals surface area contributed by atoms with E-state index in [1.165, 1.54) is 24.2 Å². The van der Waals surface area contributed by atoms with Crippen LogP contribution in [0.5, 0.6) is 6.01 Å². The zero-order valence-electron chi connectivity index (χ0n) is 20.0. The Hall–Kier alpha value is -3.30. The molecule has 2 N–H and O–H groups in total. The molecule has 8 nitrogen and oxygen atoms in total. The van der Waals surface area contributed by atoms with Gasteiger partial charge in [-0.15, -0.1) is 0 Å². The Bertz CT molecular complexity index is 1220. The molecule has 182 valence electrons. The molecule has 3 aromatic rings. The van der Waals surface area contributed by atoms with E-state index >= 15 is 0 Å². The highest BCUT2D eigenvalue weighted by atomic mass is 19.1. The molecule has 1 aromatic carbocycles. The Morgan fingerprint density at radius 1 is 1.11 bits per heavy atom. The third-order valence-electron chi connectivity index (χ3n) is 7.16. The van der Waals surface area contributed by atoms with Crippen molar-refractivity contribution in [3.63, 3.8) is 0 Å². The molecule has 0 spiro atoms. The van der Waals surface area contributed by atoms with Crippen molar-refractivity contribution in [3.05, 3.63) is 70.9 Å². The lowest BCUT2D eigenvalue weighted by molar-refractivity contribution is 0.218. The van der Waals surface area contributed by atoms with Crippen LogP contribution in [0.4, 0.5) is 15.9 Å². The van der Waals surface area contributed by atoms with Gasteiger partial charge in [-0.25, -0.2) is 4.39 Å². The first-order chi connectivity index (χ1) is 17.1. The van der Waals surface area contributed by atoms with E-state index in [0.717, 1.165) is 48.0 Å². The molecule has 35 heavy (non-hydrogen) atoms. The van der Waals surface area contributed by atoms with Crippen molar-refractivity contribution in [2.24, 2.45) is 0 Å². The van der Waals surface area contributed by atoms with Gasteiger partial charge in [-0.3, -0.25) is 9.88 Å². The van der Waals surface area contributed by atoms with Crippen molar-refractivity contribution in [2.45, 2.75) is 51.6 Å². The number of hydrogen-bond donors (Lipinski definition) is 2. The van der Waals surface area contributed by atoms with Crippen LogP contribution in [0.25, 0.3) is 0 Å². The predicted octanol–water partition coefficient (Wildman–Crippen LogP) is 3.39. The van der Waals surface area contributed by atoms with Crippen molar-refractivity contribution in [2.75, 3.05) is 29.9 Å². The minimum absolute atomic E-state index is 0.314. The maximum absolute atomic E-state index is 14.0. The predicted molar refractivity (Wildman–Crippen MR) is 132 cm³/mol. The SMILES string of the molecule is CCOc1nc(C)c2c(n1)N(Cc1ccc(CN3CC4CC3CN4)cc1)C(c1cncc(F)c1)N2. The van der Waals surface area contributed by atoms with Crippen molar-refractivity contribution >= 4 is 11.5 Å². The molecule has 3 unspecified atom stereocenters. The standard InChI is InChI=1S/C26H30FN7O/c1-3-35-26-30-16(2)23-25(32-26)34(24(31-23)19-8-20(27)11-28-10-19)14-18-6-4-17(5-7-18)13-33-15-21-9-22(33)12-29-21/h4-8,10-11,21-22,24,29,31H,3,9,12-15H2,1-2H3. The van der Waals surface area contributed by atoms with Gasteiger partial charge in [0.2, 0.25) is 0 Å². The molecular weight excluding hydrogens is 445 g/mol. The highest BCUT2D eigenvalue weighted by Gasteiger charge is 2.37. The fraction of sp³-hybridized carbons (Fsp3) is 0.423. The number of benzene rings is 1. The van der Waals surface area contributed by atoms with E-state index in [1.54, 1.807) is 6.20 Å². The van der Waals surface area contributed by atoms with Crippen LogP contribution in [0.1, 0.15) is 41.9 Å². The van der Waals surface area contributed by atoms with Crippen LogP contribution in [0.3, 0.4) is 0 Å². The summed E-state index contributed by atoms with van der Waals surface area (Å²) in [6.07, 6.45) is 3.86. The van der Waals surface area contributed by atoms with Crippen LogP contribution < -0.4 is 20.3 Å². The molecule has 3 aliphatic heterocycles. The molecule has 3 atom stereocenters. The van der Waals surface area contributed by atoms with Crippen molar-refractivity contribution in [1.29, 1.82) is 0 Å². The van der Waals surface area contributed by atoms with Crippen molar-refractivity contribution in [3.8, 4) is 6.01 Å². The van der Waals surface area contributed by atoms with Crippen LogP contribution in [0.2, 0.25) is 0 Å². The summed E-state index contributed by atoms with van der Waals surface area (Å²) in [5, 5.41) is 7.05. The van der Waals surface area contributed by atoms with E-state index < -0.39 is 0 Å². The van der Waals surface area contributed by atoms with Gasteiger partial charge in [-0.2, -0.15) is 9.97 Å². The number of anilines is 2. The number of hydrogen-bond acceptors (Lipinski definition) is 8. The van der Waals surface area contributed by atoms with E-state index in [0.29, 0.717) is 31.2 Å². The molecule has 5 heterocycles. The second-order valence-electron chi connectivity index (χ2n) is 9.58. The molecule has 0 saturated carbocycles. The van der Waals surface area contributed by atoms with Crippen molar-refractivity contribution in [1.82, 2.24) is 25.2 Å². The maximum atomic E-state index is 14.0. The Labute approximate surface area is 204 Å². The summed E-state index contributed by atoms with van der Waals surface area (Å²) >= 11 is 0. The topological polar surface area (TPSA) is 78.4 Å². The fourth-order valence-electron chi connectivity index (χ4n) is 5.47. The average molecular weight is 476 g/mol. The second kappa shape index (κ2) is 9.05. The highest BCUT2D eigenvalue weighted by molar-refractivity contribution is 5.75.